The standard InChI is InChI=1S/C52H28F3N5/c53-52(54,55)39-22-25-49(59-46-10-3-1-7-40(46)43-26-36(20-23-48(43)59)34-16-12-32(29-56)13-17-34)45(28-39)42-9-5-6-38(31-58)51(42)60-47-11-4-2-8-41(47)44-27-37(21-24-50(44)60)35-18-14-33(30-57)15-19-35/h1-28H. The van der Waals surface area contributed by atoms with Crippen LogP contribution in [0.25, 0.3) is 88.4 Å². The first-order valence-corrected chi connectivity index (χ1v) is 19.1. The molecule has 0 radical (unpaired) electrons. The normalized spacial score (nSPS) is 11.5. The molecule has 0 unspecified atom stereocenters. The van der Waals surface area contributed by atoms with E-state index in [0.29, 0.717) is 39.2 Å². The van der Waals surface area contributed by atoms with E-state index in [0.717, 1.165) is 71.9 Å². The van der Waals surface area contributed by atoms with Crippen molar-refractivity contribution in [3.8, 4) is 63.0 Å². The minimum absolute atomic E-state index is 0.295. The molecule has 0 fully saturated rings. The van der Waals surface area contributed by atoms with Crippen LogP contribution in [0.2, 0.25) is 0 Å². The van der Waals surface area contributed by atoms with Crippen molar-refractivity contribution in [1.82, 2.24) is 9.13 Å². The van der Waals surface area contributed by atoms with E-state index in [4.69, 9.17) is 0 Å². The van der Waals surface area contributed by atoms with Crippen LogP contribution >= 0.6 is 0 Å². The maximum absolute atomic E-state index is 14.8. The van der Waals surface area contributed by atoms with Crippen molar-refractivity contribution in [3.05, 3.63) is 192 Å². The minimum Gasteiger partial charge on any atom is -0.309 e. The molecular weight excluding hydrogens is 752 g/mol. The van der Waals surface area contributed by atoms with Crippen LogP contribution in [0.3, 0.4) is 0 Å². The summed E-state index contributed by atoms with van der Waals surface area (Å²) in [5, 5.41) is 33.1. The maximum atomic E-state index is 14.8. The highest BCUT2D eigenvalue weighted by atomic mass is 19.4. The fourth-order valence-corrected chi connectivity index (χ4v) is 8.49. The van der Waals surface area contributed by atoms with Crippen molar-refractivity contribution in [3.63, 3.8) is 0 Å². The number of aromatic nitrogens is 2. The van der Waals surface area contributed by atoms with Gasteiger partial charge in [-0.3, -0.25) is 0 Å². The van der Waals surface area contributed by atoms with E-state index in [1.54, 1.807) is 42.5 Å². The molecule has 0 aliphatic carbocycles. The van der Waals surface area contributed by atoms with Gasteiger partial charge in [0.05, 0.1) is 67.8 Å². The Kier molecular flexibility index (Phi) is 8.35. The zero-order valence-corrected chi connectivity index (χ0v) is 31.5. The van der Waals surface area contributed by atoms with Gasteiger partial charge in [0.2, 0.25) is 0 Å². The summed E-state index contributed by atoms with van der Waals surface area (Å²) in [5.41, 5.74) is 9.19. The lowest BCUT2D eigenvalue weighted by Crippen LogP contribution is -2.08. The first-order valence-electron chi connectivity index (χ1n) is 19.1. The van der Waals surface area contributed by atoms with Crippen molar-refractivity contribution in [2.45, 2.75) is 6.18 Å². The second-order valence-electron chi connectivity index (χ2n) is 14.6. The van der Waals surface area contributed by atoms with Crippen LogP contribution in [0.5, 0.6) is 0 Å². The number of alkyl halides is 3. The fourth-order valence-electron chi connectivity index (χ4n) is 8.49. The summed E-state index contributed by atoms with van der Waals surface area (Å²) in [6.07, 6.45) is -4.65. The molecule has 60 heavy (non-hydrogen) atoms. The first-order chi connectivity index (χ1) is 29.2. The highest BCUT2D eigenvalue weighted by Crippen LogP contribution is 2.45. The lowest BCUT2D eigenvalue weighted by Gasteiger charge is -2.21. The van der Waals surface area contributed by atoms with Crippen LogP contribution in [0.15, 0.2) is 170 Å². The van der Waals surface area contributed by atoms with Gasteiger partial charge in [0.15, 0.2) is 0 Å². The highest BCUT2D eigenvalue weighted by molar-refractivity contribution is 6.13. The molecular formula is C52H28F3N5. The molecule has 0 N–H and O–H groups in total. The molecule has 282 valence electrons. The van der Waals surface area contributed by atoms with Crippen LogP contribution in [0.1, 0.15) is 22.3 Å². The van der Waals surface area contributed by atoms with Gasteiger partial charge in [0.25, 0.3) is 0 Å². The second kappa shape index (κ2) is 13.9. The Bertz CT molecular complexity index is 3500. The number of hydrogen-bond donors (Lipinski definition) is 0. The first kappa shape index (κ1) is 36.0. The Hall–Kier alpha value is -8.38. The molecule has 10 rings (SSSR count). The Morgan fingerprint density at radius 2 is 0.900 bits per heavy atom. The van der Waals surface area contributed by atoms with E-state index in [1.807, 2.05) is 106 Å². The molecule has 0 aliphatic heterocycles. The number of rotatable bonds is 5. The van der Waals surface area contributed by atoms with E-state index in [2.05, 4.69) is 30.3 Å². The smallest absolute Gasteiger partial charge is 0.309 e. The molecule has 2 aromatic heterocycles. The summed E-state index contributed by atoms with van der Waals surface area (Å²) in [5.74, 6) is 0. The SMILES string of the molecule is N#Cc1ccc(-c2ccc3c(c2)c2ccccc2n3-c2ccc(C(F)(F)F)cc2-c2cccc(C#N)c2-n2c3ccccc3c3cc(-c4ccc(C#N)cc4)ccc32)cc1. The fraction of sp³-hybridized carbons (Fsp3) is 0.0192. The number of benzene rings is 8. The minimum atomic E-state index is -4.65. The summed E-state index contributed by atoms with van der Waals surface area (Å²) in [7, 11) is 0. The maximum Gasteiger partial charge on any atom is 0.416 e. The quantitative estimate of drug-likeness (QED) is 0.174. The van der Waals surface area contributed by atoms with Gasteiger partial charge in [0, 0.05) is 32.7 Å². The third kappa shape index (κ3) is 5.77. The van der Waals surface area contributed by atoms with E-state index < -0.39 is 11.7 Å². The van der Waals surface area contributed by atoms with Gasteiger partial charge in [0.1, 0.15) is 6.07 Å². The summed E-state index contributed by atoms with van der Waals surface area (Å²) in [6.45, 7) is 0. The van der Waals surface area contributed by atoms with Crippen molar-refractivity contribution in [1.29, 1.82) is 15.8 Å². The van der Waals surface area contributed by atoms with Gasteiger partial charge < -0.3 is 9.13 Å². The average molecular weight is 780 g/mol. The van der Waals surface area contributed by atoms with Gasteiger partial charge in [-0.05, 0) is 107 Å². The number of fused-ring (bicyclic) bond motifs is 6. The molecule has 0 saturated carbocycles. The number of para-hydroxylation sites is 3. The van der Waals surface area contributed by atoms with Crippen LogP contribution < -0.4 is 0 Å². The molecule has 0 aliphatic rings. The Morgan fingerprint density at radius 1 is 0.400 bits per heavy atom. The summed E-state index contributed by atoms with van der Waals surface area (Å²) in [6, 6.07) is 58.1. The molecule has 0 spiro atoms. The molecule has 0 saturated heterocycles. The molecule has 0 atom stereocenters. The van der Waals surface area contributed by atoms with Crippen molar-refractivity contribution < 1.29 is 13.2 Å². The molecule has 10 aromatic rings. The lowest BCUT2D eigenvalue weighted by atomic mass is 9.96. The zero-order chi connectivity index (χ0) is 41.1. The van der Waals surface area contributed by atoms with Crippen LogP contribution in [-0.4, -0.2) is 9.13 Å². The molecule has 8 aromatic carbocycles. The molecule has 8 heteroatoms. The van der Waals surface area contributed by atoms with Crippen LogP contribution in [-0.2, 0) is 6.18 Å². The molecule has 0 bridgehead atoms. The topological polar surface area (TPSA) is 81.2 Å². The highest BCUT2D eigenvalue weighted by Gasteiger charge is 2.32. The van der Waals surface area contributed by atoms with E-state index in [-0.39, 0.29) is 0 Å². The van der Waals surface area contributed by atoms with Gasteiger partial charge in [-0.1, -0.05) is 84.9 Å². The molecule has 0 amide bonds. The Balaban J connectivity index is 1.25. The van der Waals surface area contributed by atoms with Gasteiger partial charge >= 0.3 is 6.18 Å². The Morgan fingerprint density at radius 3 is 1.43 bits per heavy atom. The number of nitriles is 3. The summed E-state index contributed by atoms with van der Waals surface area (Å²) < 4.78 is 48.3. The Labute approximate surface area is 341 Å². The monoisotopic (exact) mass is 779 g/mol. The third-order valence-corrected chi connectivity index (χ3v) is 11.3. The van der Waals surface area contributed by atoms with Gasteiger partial charge in [-0.25, -0.2) is 0 Å². The van der Waals surface area contributed by atoms with Crippen molar-refractivity contribution in [2.75, 3.05) is 0 Å². The predicted molar refractivity (Wildman–Crippen MR) is 231 cm³/mol. The summed E-state index contributed by atoms with van der Waals surface area (Å²) in [4.78, 5) is 0. The number of hydrogen-bond acceptors (Lipinski definition) is 3. The van der Waals surface area contributed by atoms with Gasteiger partial charge in [-0.15, -0.1) is 0 Å². The predicted octanol–water partition coefficient (Wildman–Crippen LogP) is 13.5. The second-order valence-corrected chi connectivity index (χ2v) is 14.6. The number of halogens is 3. The lowest BCUT2D eigenvalue weighted by molar-refractivity contribution is -0.137. The molecule has 2 heterocycles. The largest absolute Gasteiger partial charge is 0.416 e. The average Bonchev–Trinajstić information content (AvgIpc) is 3.80. The third-order valence-electron chi connectivity index (χ3n) is 11.3. The van der Waals surface area contributed by atoms with E-state index in [1.165, 1.54) is 12.1 Å². The van der Waals surface area contributed by atoms with E-state index >= 15 is 0 Å². The summed E-state index contributed by atoms with van der Waals surface area (Å²) >= 11 is 0. The van der Waals surface area contributed by atoms with Crippen molar-refractivity contribution in [2.24, 2.45) is 0 Å². The van der Waals surface area contributed by atoms with Crippen LogP contribution in [0, 0.1) is 34.0 Å². The number of nitrogens with zero attached hydrogens (tertiary/aromatic N) is 5. The van der Waals surface area contributed by atoms with Crippen LogP contribution in [0.4, 0.5) is 13.2 Å². The zero-order valence-electron chi connectivity index (χ0n) is 31.5. The van der Waals surface area contributed by atoms with E-state index in [9.17, 15) is 29.0 Å². The van der Waals surface area contributed by atoms with Crippen molar-refractivity contribution >= 4 is 43.6 Å². The molecule has 5 nitrogen and oxygen atoms in total. The van der Waals surface area contributed by atoms with Gasteiger partial charge in [-0.2, -0.15) is 29.0 Å².